The van der Waals surface area contributed by atoms with Gasteiger partial charge < -0.3 is 5.11 Å². The number of hydrogen-bond acceptors (Lipinski definition) is 3. The molecule has 15 heavy (non-hydrogen) atoms. The van der Waals surface area contributed by atoms with Crippen LogP contribution in [0.2, 0.25) is 5.15 Å². The maximum atomic E-state index is 10.8. The highest BCUT2D eigenvalue weighted by atomic mass is 35.5. The number of nitrogens with zero attached hydrogens (tertiary/aromatic N) is 2. The Kier molecular flexibility index (Phi) is 2.39. The first-order valence-corrected chi connectivity index (χ1v) is 4.45. The molecule has 0 fully saturated rings. The Morgan fingerprint density at radius 2 is 2.33 bits per heavy atom. The number of carbonyl (C=O) groups is 1. The van der Waals surface area contributed by atoms with Gasteiger partial charge in [0.1, 0.15) is 10.7 Å². The smallest absolute Gasteiger partial charge is 0.339 e. The molecule has 0 spiro atoms. The Hall–Kier alpha value is -1.88. The molecule has 0 unspecified atom stereocenters. The van der Waals surface area contributed by atoms with Crippen LogP contribution in [0.15, 0.2) is 24.5 Å². The Labute approximate surface area is 89.7 Å². The molecule has 0 radical (unpaired) electrons. The third-order valence-corrected chi connectivity index (χ3v) is 2.20. The van der Waals surface area contributed by atoms with Crippen molar-refractivity contribution in [3.63, 3.8) is 0 Å². The molecule has 0 aliphatic carbocycles. The van der Waals surface area contributed by atoms with E-state index in [0.717, 1.165) is 0 Å². The zero-order valence-electron chi connectivity index (χ0n) is 7.44. The Morgan fingerprint density at radius 3 is 3.00 bits per heavy atom. The quantitative estimate of drug-likeness (QED) is 0.762. The molecule has 0 atom stereocenters. The van der Waals surface area contributed by atoms with Gasteiger partial charge in [0, 0.05) is 11.8 Å². The molecule has 0 aromatic carbocycles. The summed E-state index contributed by atoms with van der Waals surface area (Å²) in [5.41, 5.74) is 0.958. The standard InChI is InChI=1S/C9H6ClN3O2/c10-8-5(2-1-3-11-8)7-6(9(14)15)4-12-13-7/h1-4H,(H,12,13)(H,14,15). The van der Waals surface area contributed by atoms with E-state index in [9.17, 15) is 4.79 Å². The molecule has 0 amide bonds. The number of carboxylic acids is 1. The van der Waals surface area contributed by atoms with E-state index >= 15 is 0 Å². The lowest BCUT2D eigenvalue weighted by Crippen LogP contribution is -1.97. The fourth-order valence-corrected chi connectivity index (χ4v) is 1.44. The van der Waals surface area contributed by atoms with Gasteiger partial charge in [0.25, 0.3) is 0 Å². The number of nitrogens with one attached hydrogen (secondary N) is 1. The molecule has 2 aromatic heterocycles. The molecular weight excluding hydrogens is 218 g/mol. The maximum Gasteiger partial charge on any atom is 0.339 e. The molecule has 5 nitrogen and oxygen atoms in total. The van der Waals surface area contributed by atoms with Crippen LogP contribution in [-0.4, -0.2) is 26.3 Å². The highest BCUT2D eigenvalue weighted by Crippen LogP contribution is 2.26. The topological polar surface area (TPSA) is 78.9 Å². The first kappa shape index (κ1) is 9.67. The Morgan fingerprint density at radius 1 is 1.53 bits per heavy atom. The lowest BCUT2D eigenvalue weighted by molar-refractivity contribution is 0.0698. The van der Waals surface area contributed by atoms with Crippen molar-refractivity contribution >= 4 is 17.6 Å². The molecule has 76 valence electrons. The zero-order valence-corrected chi connectivity index (χ0v) is 8.19. The summed E-state index contributed by atoms with van der Waals surface area (Å²) in [6.07, 6.45) is 2.77. The summed E-state index contributed by atoms with van der Waals surface area (Å²) in [4.78, 5) is 14.7. The van der Waals surface area contributed by atoms with Crippen molar-refractivity contribution in [1.29, 1.82) is 0 Å². The Balaban J connectivity index is 2.59. The number of halogens is 1. The zero-order chi connectivity index (χ0) is 10.8. The van der Waals surface area contributed by atoms with E-state index < -0.39 is 5.97 Å². The Bertz CT molecular complexity index is 510. The average molecular weight is 224 g/mol. The van der Waals surface area contributed by atoms with Gasteiger partial charge in [-0.2, -0.15) is 5.10 Å². The van der Waals surface area contributed by atoms with Crippen LogP contribution in [0.4, 0.5) is 0 Å². The first-order chi connectivity index (χ1) is 7.20. The minimum atomic E-state index is -1.06. The fourth-order valence-electron chi connectivity index (χ4n) is 1.23. The van der Waals surface area contributed by atoms with Gasteiger partial charge in [-0.25, -0.2) is 9.78 Å². The van der Waals surface area contributed by atoms with Gasteiger partial charge in [-0.15, -0.1) is 0 Å². The monoisotopic (exact) mass is 223 g/mol. The van der Waals surface area contributed by atoms with Gasteiger partial charge in [0.2, 0.25) is 0 Å². The van der Waals surface area contributed by atoms with E-state index in [1.807, 2.05) is 0 Å². The number of aromatic carboxylic acids is 1. The number of aromatic nitrogens is 3. The largest absolute Gasteiger partial charge is 0.478 e. The van der Waals surface area contributed by atoms with Gasteiger partial charge in [0.15, 0.2) is 0 Å². The van der Waals surface area contributed by atoms with Crippen molar-refractivity contribution in [3.05, 3.63) is 35.2 Å². The minimum Gasteiger partial charge on any atom is -0.478 e. The minimum absolute atomic E-state index is 0.0740. The normalized spacial score (nSPS) is 10.2. The molecule has 0 saturated carbocycles. The average Bonchev–Trinajstić information content (AvgIpc) is 2.67. The van der Waals surface area contributed by atoms with Gasteiger partial charge in [0.05, 0.1) is 11.9 Å². The summed E-state index contributed by atoms with van der Waals surface area (Å²) in [5, 5.41) is 15.4. The third kappa shape index (κ3) is 1.69. The predicted molar refractivity (Wildman–Crippen MR) is 53.8 cm³/mol. The number of hydrogen-bond donors (Lipinski definition) is 2. The summed E-state index contributed by atoms with van der Waals surface area (Å²) in [6.45, 7) is 0. The van der Waals surface area contributed by atoms with Crippen LogP contribution in [0, 0.1) is 0 Å². The van der Waals surface area contributed by atoms with Crippen molar-refractivity contribution in [2.75, 3.05) is 0 Å². The molecule has 0 bridgehead atoms. The van der Waals surface area contributed by atoms with Gasteiger partial charge >= 0.3 is 5.97 Å². The van der Waals surface area contributed by atoms with Crippen LogP contribution in [-0.2, 0) is 0 Å². The van der Waals surface area contributed by atoms with Gasteiger partial charge in [-0.3, -0.25) is 5.10 Å². The van der Waals surface area contributed by atoms with Crippen LogP contribution in [0.5, 0.6) is 0 Å². The second-order valence-corrected chi connectivity index (χ2v) is 3.16. The van der Waals surface area contributed by atoms with Crippen LogP contribution < -0.4 is 0 Å². The van der Waals surface area contributed by atoms with Crippen molar-refractivity contribution in [3.8, 4) is 11.3 Å². The molecule has 2 rings (SSSR count). The number of rotatable bonds is 2. The second kappa shape index (κ2) is 3.70. The van der Waals surface area contributed by atoms with Crippen LogP contribution in [0.25, 0.3) is 11.3 Å². The van der Waals surface area contributed by atoms with E-state index in [4.69, 9.17) is 16.7 Å². The number of pyridine rings is 1. The fraction of sp³-hybridized carbons (Fsp3) is 0. The summed E-state index contributed by atoms with van der Waals surface area (Å²) < 4.78 is 0. The third-order valence-electron chi connectivity index (χ3n) is 1.90. The van der Waals surface area contributed by atoms with Crippen LogP contribution in [0.1, 0.15) is 10.4 Å². The summed E-state index contributed by atoms with van der Waals surface area (Å²) in [5.74, 6) is -1.06. The maximum absolute atomic E-state index is 10.8. The number of H-pyrrole nitrogens is 1. The molecule has 2 N–H and O–H groups in total. The lowest BCUT2D eigenvalue weighted by atomic mass is 10.1. The number of aromatic amines is 1. The van der Waals surface area contributed by atoms with Crippen LogP contribution >= 0.6 is 11.6 Å². The van der Waals surface area contributed by atoms with Crippen LogP contribution in [0.3, 0.4) is 0 Å². The molecule has 0 aliphatic heterocycles. The van der Waals surface area contributed by atoms with E-state index in [2.05, 4.69) is 15.2 Å². The first-order valence-electron chi connectivity index (χ1n) is 4.07. The molecule has 6 heteroatoms. The highest BCUT2D eigenvalue weighted by molar-refractivity contribution is 6.32. The van der Waals surface area contributed by atoms with E-state index in [1.165, 1.54) is 12.4 Å². The number of carboxylic acid groups (broad SMARTS) is 1. The second-order valence-electron chi connectivity index (χ2n) is 2.81. The molecular formula is C9H6ClN3O2. The lowest BCUT2D eigenvalue weighted by Gasteiger charge is -2.00. The summed E-state index contributed by atoms with van der Waals surface area (Å²) >= 11 is 5.84. The van der Waals surface area contributed by atoms with Crippen molar-refractivity contribution in [1.82, 2.24) is 15.2 Å². The van der Waals surface area contributed by atoms with Crippen molar-refractivity contribution < 1.29 is 9.90 Å². The molecule has 0 saturated heterocycles. The summed E-state index contributed by atoms with van der Waals surface area (Å²) in [6, 6.07) is 3.35. The van der Waals surface area contributed by atoms with Crippen molar-refractivity contribution in [2.45, 2.75) is 0 Å². The molecule has 0 aliphatic rings. The molecule has 2 heterocycles. The molecule has 2 aromatic rings. The van der Waals surface area contributed by atoms with E-state index in [0.29, 0.717) is 11.3 Å². The van der Waals surface area contributed by atoms with Gasteiger partial charge in [-0.1, -0.05) is 11.6 Å². The highest BCUT2D eigenvalue weighted by Gasteiger charge is 2.16. The van der Waals surface area contributed by atoms with E-state index in [1.54, 1.807) is 12.1 Å². The SMILES string of the molecule is O=C(O)c1cn[nH]c1-c1cccnc1Cl. The van der Waals surface area contributed by atoms with Crippen molar-refractivity contribution in [2.24, 2.45) is 0 Å². The predicted octanol–water partition coefficient (Wildman–Crippen LogP) is 1.82. The summed E-state index contributed by atoms with van der Waals surface area (Å²) in [7, 11) is 0. The van der Waals surface area contributed by atoms with Gasteiger partial charge in [-0.05, 0) is 12.1 Å². The van der Waals surface area contributed by atoms with E-state index in [-0.39, 0.29) is 10.7 Å².